The molecule has 0 saturated heterocycles. The van der Waals surface area contributed by atoms with Crippen molar-refractivity contribution in [3.63, 3.8) is 0 Å². The zero-order chi connectivity index (χ0) is 29.8. The van der Waals surface area contributed by atoms with E-state index < -0.39 is 66.9 Å². The van der Waals surface area contributed by atoms with Crippen molar-refractivity contribution in [2.45, 2.75) is 57.8 Å². The fraction of sp³-hybridized carbons (Fsp3) is 0.385. The van der Waals surface area contributed by atoms with E-state index in [0.717, 1.165) is 6.07 Å². The van der Waals surface area contributed by atoms with Gasteiger partial charge in [0.1, 0.15) is 19.0 Å². The lowest BCUT2D eigenvalue weighted by molar-refractivity contribution is -0.172. The first-order chi connectivity index (χ1) is 19.1. The average Bonchev–Trinajstić information content (AvgIpc) is 3.28. The van der Waals surface area contributed by atoms with Crippen LogP contribution in [-0.2, 0) is 39.5 Å². The van der Waals surface area contributed by atoms with Crippen LogP contribution < -0.4 is 10.9 Å². The molecule has 3 aliphatic rings. The van der Waals surface area contributed by atoms with Crippen LogP contribution in [0.4, 0.5) is 4.39 Å². The van der Waals surface area contributed by atoms with E-state index >= 15 is 0 Å². The van der Waals surface area contributed by atoms with Gasteiger partial charge >= 0.3 is 5.97 Å². The number of hydrogen-bond acceptors (Lipinski definition) is 7. The van der Waals surface area contributed by atoms with E-state index in [-0.39, 0.29) is 29.0 Å². The molecular weight excluding hydrogens is 469 g/mol. The normalized spacial score (nSPS) is 24.4. The maximum Gasteiger partial charge on any atom is 0.343 e. The van der Waals surface area contributed by atoms with Crippen molar-refractivity contribution < 1.29 is 35.8 Å². The summed E-state index contributed by atoms with van der Waals surface area (Å²) in [5, 5.41) is 24.2. The third-order valence-electron chi connectivity index (χ3n) is 7.43. The first-order valence-electron chi connectivity index (χ1n) is 13.8. The second-order valence-corrected chi connectivity index (χ2v) is 9.25. The van der Waals surface area contributed by atoms with Crippen molar-refractivity contribution in [2.24, 2.45) is 0 Å². The number of rotatable bonds is 3. The van der Waals surface area contributed by atoms with Gasteiger partial charge in [0.05, 0.1) is 35.1 Å². The molecule has 10 heteroatoms. The average molecular weight is 499 g/mol. The molecule has 1 aliphatic carbocycles. The number of pyridine rings is 2. The Morgan fingerprint density at radius 1 is 1.39 bits per heavy atom. The second kappa shape index (κ2) is 7.68. The smallest absolute Gasteiger partial charge is 0.343 e. The molecule has 2 aliphatic heterocycles. The lowest BCUT2D eigenvalue weighted by Crippen LogP contribution is -2.44. The number of carbonyl (C=O) groups is 2. The van der Waals surface area contributed by atoms with E-state index in [9.17, 15) is 29.0 Å². The van der Waals surface area contributed by atoms with E-state index in [1.165, 1.54) is 10.6 Å². The molecule has 186 valence electrons. The molecule has 0 unspecified atom stereocenters. The molecule has 0 bridgehead atoms. The molecule has 1 amide bonds. The van der Waals surface area contributed by atoms with Crippen LogP contribution in [0.3, 0.4) is 0 Å². The number of esters is 1. The predicted octanol–water partition coefficient (Wildman–Crippen LogP) is 1.62. The van der Waals surface area contributed by atoms with Gasteiger partial charge in [-0.25, -0.2) is 14.2 Å². The second-order valence-electron chi connectivity index (χ2n) is 9.25. The third kappa shape index (κ3) is 2.88. The number of cyclic esters (lactones) is 1. The molecule has 4 heterocycles. The zero-order valence-electron chi connectivity index (χ0n) is 24.1. The van der Waals surface area contributed by atoms with Gasteiger partial charge in [0.25, 0.3) is 5.56 Å². The molecule has 2 aromatic heterocycles. The highest BCUT2D eigenvalue weighted by atomic mass is 19.1. The summed E-state index contributed by atoms with van der Waals surface area (Å²) in [7, 11) is 0. The molecule has 2 atom stereocenters. The Bertz CT molecular complexity index is 1770. The zero-order valence-corrected chi connectivity index (χ0v) is 19.1. The molecule has 0 fully saturated rings. The summed E-state index contributed by atoms with van der Waals surface area (Å²) >= 11 is 0. The minimum Gasteiger partial charge on any atom is -0.458 e. The number of hydrogen-bond donors (Lipinski definition) is 3. The first kappa shape index (κ1) is 17.7. The van der Waals surface area contributed by atoms with Crippen molar-refractivity contribution in [3.8, 4) is 11.4 Å². The largest absolute Gasteiger partial charge is 0.458 e. The van der Waals surface area contributed by atoms with Gasteiger partial charge in [-0.2, -0.15) is 0 Å². The molecule has 9 nitrogen and oxygen atoms in total. The molecule has 6 rings (SSSR count). The number of nitrogens with zero attached hydrogens (tertiary/aromatic N) is 2. The highest BCUT2D eigenvalue weighted by Gasteiger charge is 2.46. The van der Waals surface area contributed by atoms with E-state index in [2.05, 4.69) is 10.3 Å². The van der Waals surface area contributed by atoms with Crippen LogP contribution in [0.25, 0.3) is 22.3 Å². The van der Waals surface area contributed by atoms with Crippen molar-refractivity contribution in [3.05, 3.63) is 61.7 Å². The van der Waals surface area contributed by atoms with Gasteiger partial charge in [-0.3, -0.25) is 9.59 Å². The molecule has 0 saturated carbocycles. The number of nitrogens with one attached hydrogen (secondary N) is 1. The standard InChI is InChI=1S/C26H24FN3O6/c1-3-26(35)15-6-19-23-13(8-30(19)24(33)14(15)10-36-25(26)34)22-17(28-20(32)9-31)5-4-12-11(2)16(27)7-18(29-23)21(12)22/h6-7,17,31,35H,3-5,8-10H2,1-2H3,(H,28,32)/t17-,26-/m0/s1/i1D3,3D2. The Labute approximate surface area is 211 Å². The number of aliphatic hydroxyl groups is 2. The maximum absolute atomic E-state index is 15.0. The van der Waals surface area contributed by atoms with Crippen molar-refractivity contribution in [1.82, 2.24) is 14.9 Å². The van der Waals surface area contributed by atoms with Gasteiger partial charge in [0.2, 0.25) is 5.91 Å². The van der Waals surface area contributed by atoms with E-state index in [0.29, 0.717) is 40.5 Å². The quantitative estimate of drug-likeness (QED) is 0.366. The highest BCUT2D eigenvalue weighted by Crippen LogP contribution is 2.45. The molecule has 3 N–H and O–H groups in total. The van der Waals surface area contributed by atoms with E-state index in [1.807, 2.05) is 0 Å². The maximum atomic E-state index is 15.0. The summed E-state index contributed by atoms with van der Waals surface area (Å²) in [5.41, 5.74) is -2.29. The topological polar surface area (TPSA) is 131 Å². The van der Waals surface area contributed by atoms with Crippen LogP contribution in [0, 0.1) is 12.7 Å². The van der Waals surface area contributed by atoms with Crippen LogP contribution in [-0.4, -0.2) is 38.2 Å². The Hall–Kier alpha value is -3.63. The Morgan fingerprint density at radius 3 is 2.94 bits per heavy atom. The van der Waals surface area contributed by atoms with Crippen LogP contribution in [0.2, 0.25) is 0 Å². The minimum absolute atomic E-state index is 0.0525. The number of amides is 1. The number of halogens is 1. The van der Waals surface area contributed by atoms with Crippen LogP contribution in [0.1, 0.15) is 65.9 Å². The van der Waals surface area contributed by atoms with Crippen molar-refractivity contribution in [2.75, 3.05) is 6.61 Å². The lowest BCUT2D eigenvalue weighted by atomic mass is 9.81. The molecule has 36 heavy (non-hydrogen) atoms. The third-order valence-corrected chi connectivity index (χ3v) is 7.43. The van der Waals surface area contributed by atoms with Gasteiger partial charge < -0.3 is 24.8 Å². The fourth-order valence-corrected chi connectivity index (χ4v) is 5.66. The SMILES string of the molecule is [2H]C([2H])([2H])C([2H])([2H])[C@@]1(O)C(=O)OCc2c1cc1n(c2=O)Cc2c-1nc1cc(F)c(C)c3c1c2[C@@H](NC(=O)CO)CC3. The number of benzene rings is 1. The van der Waals surface area contributed by atoms with Gasteiger partial charge in [0, 0.05) is 29.4 Å². The summed E-state index contributed by atoms with van der Waals surface area (Å²) in [4.78, 5) is 43.4. The molecule has 0 radical (unpaired) electrons. The minimum atomic E-state index is -3.54. The van der Waals surface area contributed by atoms with E-state index in [1.54, 1.807) is 6.92 Å². The number of ether oxygens (including phenoxy) is 1. The number of aryl methyl sites for hydroxylation is 1. The summed E-state index contributed by atoms with van der Waals surface area (Å²) < 4.78 is 60.6. The fourth-order valence-electron chi connectivity index (χ4n) is 5.66. The summed E-state index contributed by atoms with van der Waals surface area (Å²) in [5.74, 6) is -2.69. The van der Waals surface area contributed by atoms with Crippen LogP contribution in [0.5, 0.6) is 0 Å². The Balaban J connectivity index is 1.66. The predicted molar refractivity (Wildman–Crippen MR) is 126 cm³/mol. The molecule has 1 aromatic carbocycles. The summed E-state index contributed by atoms with van der Waals surface area (Å²) in [6, 6.07) is 1.78. The number of aliphatic hydroxyl groups excluding tert-OH is 1. The van der Waals surface area contributed by atoms with Gasteiger partial charge in [-0.15, -0.1) is 0 Å². The Kier molecular flexibility index (Phi) is 3.79. The van der Waals surface area contributed by atoms with Gasteiger partial charge in [0.15, 0.2) is 5.60 Å². The lowest BCUT2D eigenvalue weighted by Gasteiger charge is -2.31. The van der Waals surface area contributed by atoms with Crippen molar-refractivity contribution in [1.29, 1.82) is 0 Å². The first-order valence-corrected chi connectivity index (χ1v) is 11.3. The summed E-state index contributed by atoms with van der Waals surface area (Å²) in [6.45, 7) is -3.28. The number of aromatic nitrogens is 2. The number of fused-ring (bicyclic) bond motifs is 5. The van der Waals surface area contributed by atoms with Gasteiger partial charge in [-0.1, -0.05) is 6.85 Å². The van der Waals surface area contributed by atoms with Crippen LogP contribution in [0.15, 0.2) is 16.9 Å². The van der Waals surface area contributed by atoms with Crippen molar-refractivity contribution >= 4 is 22.8 Å². The number of carbonyl (C=O) groups excluding carboxylic acids is 2. The van der Waals surface area contributed by atoms with Crippen LogP contribution >= 0.6 is 0 Å². The van der Waals surface area contributed by atoms with E-state index in [4.69, 9.17) is 11.6 Å². The molecule has 0 spiro atoms. The van der Waals surface area contributed by atoms with Gasteiger partial charge in [-0.05, 0) is 48.9 Å². The highest BCUT2D eigenvalue weighted by molar-refractivity contribution is 5.94. The summed E-state index contributed by atoms with van der Waals surface area (Å²) in [6.07, 6.45) is -2.75. The monoisotopic (exact) mass is 498 g/mol. The molecule has 3 aromatic rings. The Morgan fingerprint density at radius 2 is 2.19 bits per heavy atom. The molecular formula is C26H24FN3O6.